The SMILES string of the molecule is CCOc1ccc2nc(N(CCN(CC)CC)C(=O)CSc3ccc(F)cc3)sc2c1. The normalized spacial score (nSPS) is 11.3. The predicted octanol–water partition coefficient (Wildman–Crippen LogP) is 5.30. The predicted molar refractivity (Wildman–Crippen MR) is 128 cm³/mol. The minimum absolute atomic E-state index is 0.00873. The molecule has 31 heavy (non-hydrogen) atoms. The number of fused-ring (bicyclic) bond motifs is 1. The van der Waals surface area contributed by atoms with Gasteiger partial charge in [-0.15, -0.1) is 11.8 Å². The Balaban J connectivity index is 1.80. The third-order valence-electron chi connectivity index (χ3n) is 4.90. The molecule has 1 heterocycles. The molecule has 0 N–H and O–H groups in total. The van der Waals surface area contributed by atoms with Gasteiger partial charge in [-0.1, -0.05) is 25.2 Å². The van der Waals surface area contributed by atoms with E-state index in [2.05, 4.69) is 18.7 Å². The van der Waals surface area contributed by atoms with E-state index in [1.54, 1.807) is 17.0 Å². The van der Waals surface area contributed by atoms with E-state index >= 15 is 0 Å². The largest absolute Gasteiger partial charge is 0.494 e. The van der Waals surface area contributed by atoms with Crippen LogP contribution in [0.1, 0.15) is 20.8 Å². The monoisotopic (exact) mass is 461 g/mol. The molecule has 0 aliphatic carbocycles. The molecule has 3 rings (SSSR count). The zero-order valence-electron chi connectivity index (χ0n) is 18.1. The second-order valence-corrected chi connectivity index (χ2v) is 8.93. The molecule has 0 radical (unpaired) electrons. The van der Waals surface area contributed by atoms with Crippen LogP contribution in [0.3, 0.4) is 0 Å². The number of ether oxygens (including phenoxy) is 1. The van der Waals surface area contributed by atoms with Gasteiger partial charge in [-0.2, -0.15) is 0 Å². The minimum Gasteiger partial charge on any atom is -0.494 e. The first kappa shape index (κ1) is 23.5. The number of hydrogen-bond acceptors (Lipinski definition) is 6. The summed E-state index contributed by atoms with van der Waals surface area (Å²) in [6.45, 7) is 10.0. The molecule has 0 aliphatic heterocycles. The van der Waals surface area contributed by atoms with Crippen molar-refractivity contribution < 1.29 is 13.9 Å². The van der Waals surface area contributed by atoms with Gasteiger partial charge in [0.05, 0.1) is 22.6 Å². The Morgan fingerprint density at radius 3 is 2.52 bits per heavy atom. The maximum Gasteiger partial charge on any atom is 0.239 e. The van der Waals surface area contributed by atoms with Gasteiger partial charge in [-0.25, -0.2) is 9.37 Å². The highest BCUT2D eigenvalue weighted by molar-refractivity contribution is 8.00. The number of halogens is 1. The van der Waals surface area contributed by atoms with Crippen molar-refractivity contribution in [2.24, 2.45) is 0 Å². The molecule has 0 atom stereocenters. The average Bonchev–Trinajstić information content (AvgIpc) is 3.19. The van der Waals surface area contributed by atoms with Gasteiger partial charge in [0.25, 0.3) is 0 Å². The van der Waals surface area contributed by atoms with Gasteiger partial charge in [0.1, 0.15) is 11.6 Å². The summed E-state index contributed by atoms with van der Waals surface area (Å²) in [5, 5.41) is 0.695. The zero-order chi connectivity index (χ0) is 22.2. The Morgan fingerprint density at radius 1 is 1.10 bits per heavy atom. The van der Waals surface area contributed by atoms with Crippen LogP contribution in [0.25, 0.3) is 10.2 Å². The number of thiazole rings is 1. The van der Waals surface area contributed by atoms with Gasteiger partial charge in [-0.05, 0) is 62.5 Å². The van der Waals surface area contributed by atoms with Crippen molar-refractivity contribution in [3.8, 4) is 5.75 Å². The number of anilines is 1. The van der Waals surface area contributed by atoms with Crippen LogP contribution in [0.15, 0.2) is 47.4 Å². The Hall–Kier alpha value is -2.16. The molecule has 2 aromatic carbocycles. The fourth-order valence-corrected chi connectivity index (χ4v) is 4.94. The number of aromatic nitrogens is 1. The van der Waals surface area contributed by atoms with E-state index < -0.39 is 0 Å². The van der Waals surface area contributed by atoms with Crippen molar-refractivity contribution in [1.82, 2.24) is 9.88 Å². The highest BCUT2D eigenvalue weighted by Gasteiger charge is 2.21. The minimum atomic E-state index is -0.280. The Labute approximate surface area is 191 Å². The van der Waals surface area contributed by atoms with Crippen molar-refractivity contribution in [3.63, 3.8) is 0 Å². The highest BCUT2D eigenvalue weighted by atomic mass is 32.2. The average molecular weight is 462 g/mol. The fourth-order valence-electron chi connectivity index (χ4n) is 3.13. The van der Waals surface area contributed by atoms with Crippen LogP contribution < -0.4 is 9.64 Å². The Bertz CT molecular complexity index is 990. The molecular weight excluding hydrogens is 433 g/mol. The molecule has 3 aromatic rings. The van der Waals surface area contributed by atoms with E-state index in [9.17, 15) is 9.18 Å². The second-order valence-electron chi connectivity index (χ2n) is 6.87. The van der Waals surface area contributed by atoms with Gasteiger partial charge in [0, 0.05) is 18.0 Å². The van der Waals surface area contributed by atoms with E-state index in [4.69, 9.17) is 9.72 Å². The lowest BCUT2D eigenvalue weighted by atomic mass is 10.3. The molecule has 0 bridgehead atoms. The summed E-state index contributed by atoms with van der Waals surface area (Å²) >= 11 is 2.91. The van der Waals surface area contributed by atoms with Crippen molar-refractivity contribution in [2.75, 3.05) is 43.4 Å². The first-order chi connectivity index (χ1) is 15.0. The Kier molecular flexibility index (Phi) is 8.69. The van der Waals surface area contributed by atoms with Crippen LogP contribution >= 0.6 is 23.1 Å². The summed E-state index contributed by atoms with van der Waals surface area (Å²) in [6, 6.07) is 12.0. The van der Waals surface area contributed by atoms with E-state index in [0.717, 1.165) is 40.5 Å². The summed E-state index contributed by atoms with van der Waals surface area (Å²) in [5.41, 5.74) is 0.857. The first-order valence-electron chi connectivity index (χ1n) is 10.5. The number of carbonyl (C=O) groups is 1. The van der Waals surface area contributed by atoms with E-state index in [-0.39, 0.29) is 17.5 Å². The molecule has 1 aromatic heterocycles. The van der Waals surface area contributed by atoms with E-state index in [1.807, 2.05) is 25.1 Å². The van der Waals surface area contributed by atoms with Crippen LogP contribution in [0, 0.1) is 5.82 Å². The van der Waals surface area contributed by atoms with Gasteiger partial charge >= 0.3 is 0 Å². The highest BCUT2D eigenvalue weighted by Crippen LogP contribution is 2.32. The van der Waals surface area contributed by atoms with E-state index in [1.165, 1.54) is 35.2 Å². The first-order valence-corrected chi connectivity index (χ1v) is 12.3. The number of thioether (sulfide) groups is 1. The fraction of sp³-hybridized carbons (Fsp3) is 0.391. The quantitative estimate of drug-likeness (QED) is 0.363. The summed E-state index contributed by atoms with van der Waals surface area (Å²) in [6.07, 6.45) is 0. The van der Waals surface area contributed by atoms with Crippen LogP contribution in [0.4, 0.5) is 9.52 Å². The number of amides is 1. The molecule has 0 spiro atoms. The molecule has 0 saturated carbocycles. The van der Waals surface area contributed by atoms with Gasteiger partial charge in [-0.3, -0.25) is 9.69 Å². The van der Waals surface area contributed by atoms with Crippen molar-refractivity contribution in [2.45, 2.75) is 25.7 Å². The molecular formula is C23H28FN3O2S2. The second kappa shape index (κ2) is 11.5. The number of rotatable bonds is 11. The zero-order valence-corrected chi connectivity index (χ0v) is 19.8. The van der Waals surface area contributed by atoms with Gasteiger partial charge < -0.3 is 9.64 Å². The molecule has 0 fully saturated rings. The van der Waals surface area contributed by atoms with Crippen LogP contribution in [0.5, 0.6) is 5.75 Å². The third kappa shape index (κ3) is 6.41. The standard InChI is InChI=1S/C23H28FN3O2S2/c1-4-26(5-2)13-14-27(22(28)16-30-19-10-7-17(24)8-11-19)23-25-20-12-9-18(29-6-3)15-21(20)31-23/h7-12,15H,4-6,13-14,16H2,1-3H3. The molecule has 0 aliphatic rings. The third-order valence-corrected chi connectivity index (χ3v) is 6.94. The summed E-state index contributed by atoms with van der Waals surface area (Å²) in [5.74, 6) is 0.783. The van der Waals surface area contributed by atoms with Crippen molar-refractivity contribution >= 4 is 44.4 Å². The lowest BCUT2D eigenvalue weighted by Crippen LogP contribution is -2.39. The smallest absolute Gasteiger partial charge is 0.239 e. The van der Waals surface area contributed by atoms with E-state index in [0.29, 0.717) is 18.3 Å². The topological polar surface area (TPSA) is 45.7 Å². The molecule has 0 unspecified atom stereocenters. The molecule has 0 saturated heterocycles. The molecule has 8 heteroatoms. The van der Waals surface area contributed by atoms with Gasteiger partial charge in [0.15, 0.2) is 5.13 Å². The molecule has 166 valence electrons. The lowest BCUT2D eigenvalue weighted by molar-refractivity contribution is -0.116. The number of benzene rings is 2. The van der Waals surface area contributed by atoms with Crippen LogP contribution in [0.2, 0.25) is 0 Å². The number of hydrogen-bond donors (Lipinski definition) is 0. The van der Waals surface area contributed by atoms with Crippen molar-refractivity contribution in [3.05, 3.63) is 48.3 Å². The van der Waals surface area contributed by atoms with Gasteiger partial charge in [0.2, 0.25) is 5.91 Å². The maximum atomic E-state index is 13.2. The lowest BCUT2D eigenvalue weighted by Gasteiger charge is -2.24. The number of nitrogens with zero attached hydrogens (tertiary/aromatic N) is 3. The number of carbonyl (C=O) groups excluding carboxylic acids is 1. The van der Waals surface area contributed by atoms with Crippen LogP contribution in [-0.2, 0) is 4.79 Å². The summed E-state index contributed by atoms with van der Waals surface area (Å²) < 4.78 is 19.7. The molecule has 1 amide bonds. The molecule has 5 nitrogen and oxygen atoms in total. The summed E-state index contributed by atoms with van der Waals surface area (Å²) in [4.78, 5) is 22.8. The summed E-state index contributed by atoms with van der Waals surface area (Å²) in [7, 11) is 0. The maximum absolute atomic E-state index is 13.2. The van der Waals surface area contributed by atoms with Crippen LogP contribution in [-0.4, -0.2) is 54.3 Å². The number of likely N-dealkylation sites (N-methyl/N-ethyl adjacent to an activating group) is 1. The van der Waals surface area contributed by atoms with Crippen molar-refractivity contribution in [1.29, 1.82) is 0 Å². The Morgan fingerprint density at radius 2 is 1.84 bits per heavy atom.